The Hall–Kier alpha value is -4.19. The molecule has 0 aliphatic carbocycles. The lowest BCUT2D eigenvalue weighted by atomic mass is 10.1. The Morgan fingerprint density at radius 2 is 1.74 bits per heavy atom. The molecule has 1 N–H and O–H groups in total. The van der Waals surface area contributed by atoms with Gasteiger partial charge in [0.2, 0.25) is 0 Å². The van der Waals surface area contributed by atoms with Crippen molar-refractivity contribution in [2.75, 3.05) is 11.9 Å². The molecule has 34 heavy (non-hydrogen) atoms. The summed E-state index contributed by atoms with van der Waals surface area (Å²) in [6, 6.07) is 22.6. The van der Waals surface area contributed by atoms with Crippen LogP contribution in [0.15, 0.2) is 83.3 Å². The maximum absolute atomic E-state index is 13.5. The average molecular weight is 455 g/mol. The van der Waals surface area contributed by atoms with Gasteiger partial charge in [0, 0.05) is 47.5 Å². The quantitative estimate of drug-likeness (QED) is 0.421. The van der Waals surface area contributed by atoms with Crippen LogP contribution in [-0.2, 0) is 13.0 Å². The van der Waals surface area contributed by atoms with E-state index in [0.29, 0.717) is 42.1 Å². The van der Waals surface area contributed by atoms with Crippen LogP contribution in [0.3, 0.4) is 0 Å². The predicted molar refractivity (Wildman–Crippen MR) is 128 cm³/mol. The molecule has 0 atom stereocenters. The number of rotatable bonds is 4. The molecule has 5 nitrogen and oxygen atoms in total. The number of aryl methyl sites for hydroxylation is 1. The summed E-state index contributed by atoms with van der Waals surface area (Å²) >= 11 is 0. The molecule has 0 saturated heterocycles. The Kier molecular flexibility index (Phi) is 5.72. The number of amides is 2. The minimum Gasteiger partial charge on any atom is -0.461 e. The number of anilines is 1. The van der Waals surface area contributed by atoms with Gasteiger partial charge in [-0.1, -0.05) is 35.9 Å². The van der Waals surface area contributed by atoms with Crippen LogP contribution >= 0.6 is 0 Å². The van der Waals surface area contributed by atoms with Gasteiger partial charge in [0.05, 0.1) is 0 Å². The molecule has 170 valence electrons. The number of nitrogens with one attached hydrogen (secondary N) is 1. The zero-order valence-electron chi connectivity index (χ0n) is 18.7. The number of furan rings is 1. The van der Waals surface area contributed by atoms with Crippen molar-refractivity contribution in [3.05, 3.63) is 113 Å². The molecule has 0 fully saturated rings. The van der Waals surface area contributed by atoms with E-state index in [0.717, 1.165) is 22.5 Å². The summed E-state index contributed by atoms with van der Waals surface area (Å²) in [6.45, 7) is 2.88. The van der Waals surface area contributed by atoms with Gasteiger partial charge in [0.25, 0.3) is 11.8 Å². The fourth-order valence-electron chi connectivity index (χ4n) is 4.11. The van der Waals surface area contributed by atoms with Gasteiger partial charge in [-0.15, -0.1) is 0 Å². The molecular formula is C28H23FN2O3. The van der Waals surface area contributed by atoms with Gasteiger partial charge >= 0.3 is 0 Å². The zero-order chi connectivity index (χ0) is 23.7. The van der Waals surface area contributed by atoms with E-state index in [1.807, 2.05) is 49.4 Å². The molecule has 2 heterocycles. The molecule has 1 aliphatic heterocycles. The van der Waals surface area contributed by atoms with Crippen LogP contribution in [0.25, 0.3) is 11.3 Å². The van der Waals surface area contributed by atoms with E-state index in [-0.39, 0.29) is 11.8 Å². The minimum absolute atomic E-state index is 0.178. The molecular weight excluding hydrogens is 431 g/mol. The van der Waals surface area contributed by atoms with Crippen LogP contribution in [0.5, 0.6) is 0 Å². The first-order chi connectivity index (χ1) is 16.5. The van der Waals surface area contributed by atoms with Crippen molar-refractivity contribution >= 4 is 17.5 Å². The molecule has 2 amide bonds. The first kappa shape index (κ1) is 21.6. The highest BCUT2D eigenvalue weighted by atomic mass is 19.1. The molecule has 0 unspecified atom stereocenters. The van der Waals surface area contributed by atoms with E-state index in [1.54, 1.807) is 29.2 Å². The van der Waals surface area contributed by atoms with Crippen molar-refractivity contribution in [2.45, 2.75) is 19.9 Å². The second-order valence-corrected chi connectivity index (χ2v) is 8.45. The van der Waals surface area contributed by atoms with Gasteiger partial charge in [-0.3, -0.25) is 9.59 Å². The molecule has 1 aliphatic rings. The van der Waals surface area contributed by atoms with E-state index in [4.69, 9.17) is 4.42 Å². The Bertz CT molecular complexity index is 1370. The van der Waals surface area contributed by atoms with Crippen molar-refractivity contribution in [3.8, 4) is 11.3 Å². The summed E-state index contributed by atoms with van der Waals surface area (Å²) in [7, 11) is 0. The lowest BCUT2D eigenvalue weighted by molar-refractivity contribution is 0.0729. The Labute approximate surface area is 196 Å². The number of nitrogens with zero attached hydrogens (tertiary/aromatic N) is 1. The average Bonchev–Trinajstić information content (AvgIpc) is 3.28. The molecule has 3 aromatic carbocycles. The first-order valence-electron chi connectivity index (χ1n) is 11.1. The van der Waals surface area contributed by atoms with E-state index in [2.05, 4.69) is 5.32 Å². The van der Waals surface area contributed by atoms with Crippen LogP contribution in [0.4, 0.5) is 10.1 Å². The van der Waals surface area contributed by atoms with Crippen molar-refractivity contribution in [3.63, 3.8) is 0 Å². The molecule has 6 heteroatoms. The van der Waals surface area contributed by atoms with Crippen molar-refractivity contribution in [2.24, 2.45) is 0 Å². The number of carbonyl (C=O) groups excluding carboxylic acids is 2. The maximum atomic E-state index is 13.5. The van der Waals surface area contributed by atoms with Gasteiger partial charge in [-0.05, 0) is 55.5 Å². The number of carbonyl (C=O) groups is 2. The van der Waals surface area contributed by atoms with Crippen LogP contribution in [0, 0.1) is 12.7 Å². The number of hydrogen-bond donors (Lipinski definition) is 1. The van der Waals surface area contributed by atoms with Gasteiger partial charge in [0.1, 0.15) is 17.3 Å². The highest BCUT2D eigenvalue weighted by Crippen LogP contribution is 2.31. The van der Waals surface area contributed by atoms with Crippen molar-refractivity contribution in [1.29, 1.82) is 0 Å². The third-order valence-corrected chi connectivity index (χ3v) is 5.94. The summed E-state index contributed by atoms with van der Waals surface area (Å²) < 4.78 is 19.6. The van der Waals surface area contributed by atoms with Crippen LogP contribution in [0.1, 0.15) is 37.6 Å². The van der Waals surface area contributed by atoms with Gasteiger partial charge in [0.15, 0.2) is 0 Å². The number of halogens is 1. The fraction of sp³-hybridized carbons (Fsp3) is 0.143. The Balaban J connectivity index is 1.32. The number of hydrogen-bond acceptors (Lipinski definition) is 3. The highest BCUT2D eigenvalue weighted by Gasteiger charge is 2.25. The fourth-order valence-corrected chi connectivity index (χ4v) is 4.11. The normalized spacial score (nSPS) is 12.8. The van der Waals surface area contributed by atoms with Crippen LogP contribution in [0.2, 0.25) is 0 Å². The molecule has 1 aromatic heterocycles. The number of fused-ring (bicyclic) bond motifs is 1. The third-order valence-electron chi connectivity index (χ3n) is 5.94. The van der Waals surface area contributed by atoms with Crippen LogP contribution < -0.4 is 5.32 Å². The molecule has 0 bridgehead atoms. The third kappa shape index (κ3) is 4.48. The molecule has 5 rings (SSSR count). The summed E-state index contributed by atoms with van der Waals surface area (Å²) in [5.41, 5.74) is 4.45. The van der Waals surface area contributed by atoms with E-state index < -0.39 is 5.82 Å². The standard InChI is InChI=1S/C28H23FN2O3/c1-18-8-10-19(11-9-18)27(32)30-24-7-3-4-20(15-24)26-16-22-17-31(13-12-25(22)34-26)28(33)21-5-2-6-23(29)14-21/h2-11,14-16H,12-13,17H2,1H3,(H,30,32). The van der Waals surface area contributed by atoms with Crippen LogP contribution in [-0.4, -0.2) is 23.3 Å². The molecule has 0 spiro atoms. The lowest BCUT2D eigenvalue weighted by Crippen LogP contribution is -2.35. The monoisotopic (exact) mass is 454 g/mol. The minimum atomic E-state index is -0.427. The second kappa shape index (κ2) is 8.98. The topological polar surface area (TPSA) is 62.6 Å². The molecule has 0 radical (unpaired) electrons. The largest absolute Gasteiger partial charge is 0.461 e. The second-order valence-electron chi connectivity index (χ2n) is 8.45. The molecule has 4 aromatic rings. The Morgan fingerprint density at radius 3 is 2.53 bits per heavy atom. The Morgan fingerprint density at radius 1 is 0.941 bits per heavy atom. The maximum Gasteiger partial charge on any atom is 0.255 e. The van der Waals surface area contributed by atoms with E-state index >= 15 is 0 Å². The summed E-state index contributed by atoms with van der Waals surface area (Å²) in [4.78, 5) is 27.1. The SMILES string of the molecule is Cc1ccc(C(=O)Nc2cccc(-c3cc4c(o3)CCN(C(=O)c3cccc(F)c3)C4)c2)cc1. The summed E-state index contributed by atoms with van der Waals surface area (Å²) in [6.07, 6.45) is 0.584. The van der Waals surface area contributed by atoms with E-state index in [1.165, 1.54) is 12.1 Å². The van der Waals surface area contributed by atoms with Gasteiger partial charge in [-0.2, -0.15) is 0 Å². The van der Waals surface area contributed by atoms with Crippen molar-refractivity contribution in [1.82, 2.24) is 4.90 Å². The van der Waals surface area contributed by atoms with Gasteiger partial charge in [-0.25, -0.2) is 4.39 Å². The smallest absolute Gasteiger partial charge is 0.255 e. The summed E-state index contributed by atoms with van der Waals surface area (Å²) in [5, 5.41) is 2.93. The summed E-state index contributed by atoms with van der Waals surface area (Å²) in [5.74, 6) is 0.712. The van der Waals surface area contributed by atoms with Crippen molar-refractivity contribution < 1.29 is 18.4 Å². The van der Waals surface area contributed by atoms with Gasteiger partial charge < -0.3 is 14.6 Å². The lowest BCUT2D eigenvalue weighted by Gasteiger charge is -2.26. The predicted octanol–water partition coefficient (Wildman–Crippen LogP) is 5.84. The zero-order valence-corrected chi connectivity index (χ0v) is 18.7. The van der Waals surface area contributed by atoms with E-state index in [9.17, 15) is 14.0 Å². The number of benzene rings is 3. The molecule has 0 saturated carbocycles. The highest BCUT2D eigenvalue weighted by molar-refractivity contribution is 6.04. The first-order valence-corrected chi connectivity index (χ1v) is 11.1.